The van der Waals surface area contributed by atoms with Gasteiger partial charge in [-0.1, -0.05) is 25.2 Å². The highest BCUT2D eigenvalue weighted by Crippen LogP contribution is 2.34. The molecule has 0 saturated carbocycles. The maximum absolute atomic E-state index is 14.5. The Kier molecular flexibility index (Phi) is 9.43. The maximum atomic E-state index is 14.5. The van der Waals surface area contributed by atoms with E-state index >= 15 is 0 Å². The minimum absolute atomic E-state index is 0.0172. The van der Waals surface area contributed by atoms with Crippen molar-refractivity contribution in [3.8, 4) is 10.8 Å². The van der Waals surface area contributed by atoms with Gasteiger partial charge < -0.3 is 14.6 Å². The van der Waals surface area contributed by atoms with Crippen molar-refractivity contribution in [1.82, 2.24) is 24.1 Å². The number of methoxy groups -OCH3 is 1. The summed E-state index contributed by atoms with van der Waals surface area (Å²) in [5, 5.41) is 18.6. The van der Waals surface area contributed by atoms with Gasteiger partial charge in [0.1, 0.15) is 33.0 Å². The standard InChI is InChI=1S/C29H36FN5O6S/c1-17(2)14-23(37)29(4,5)34-25(38)24-18(3)26(35-31-10-11-32-35)42-27(24)33(28(34)39)16-22(41-13-7-12-36)20-15-19(30)8-9-21(20)40-6/h8-11,15,17,22,36H,7,12-14,16H2,1-6H3/t22-/m0/s1. The van der Waals surface area contributed by atoms with Gasteiger partial charge in [0.05, 0.1) is 31.4 Å². The molecule has 0 aliphatic heterocycles. The lowest BCUT2D eigenvalue weighted by molar-refractivity contribution is -0.127. The molecule has 13 heteroatoms. The highest BCUT2D eigenvalue weighted by molar-refractivity contribution is 7.21. The number of nitrogens with zero attached hydrogens (tertiary/aromatic N) is 5. The summed E-state index contributed by atoms with van der Waals surface area (Å²) >= 11 is 1.16. The molecule has 11 nitrogen and oxygen atoms in total. The normalized spacial score (nSPS) is 12.8. The fourth-order valence-corrected chi connectivity index (χ4v) is 6.12. The number of ketones is 1. The Balaban J connectivity index is 2.02. The lowest BCUT2D eigenvalue weighted by Crippen LogP contribution is -2.53. The van der Waals surface area contributed by atoms with Gasteiger partial charge in [0.25, 0.3) is 5.56 Å². The van der Waals surface area contributed by atoms with E-state index in [-0.39, 0.29) is 43.3 Å². The van der Waals surface area contributed by atoms with Gasteiger partial charge in [-0.25, -0.2) is 13.8 Å². The number of aliphatic hydroxyl groups is 1. The Morgan fingerprint density at radius 3 is 2.50 bits per heavy atom. The van der Waals surface area contributed by atoms with Gasteiger partial charge in [-0.15, -0.1) is 4.80 Å². The molecule has 0 amide bonds. The number of aromatic nitrogens is 5. The maximum Gasteiger partial charge on any atom is 0.333 e. The monoisotopic (exact) mass is 601 g/mol. The summed E-state index contributed by atoms with van der Waals surface area (Å²) in [6.45, 7) is 8.52. The molecule has 0 saturated heterocycles. The summed E-state index contributed by atoms with van der Waals surface area (Å²) in [5.74, 6) is -0.418. The quantitative estimate of drug-likeness (QED) is 0.229. The smallest absolute Gasteiger partial charge is 0.333 e. The molecule has 0 bridgehead atoms. The van der Waals surface area contributed by atoms with Gasteiger partial charge in [0, 0.05) is 30.8 Å². The predicted octanol–water partition coefficient (Wildman–Crippen LogP) is 3.75. The molecule has 1 N–H and O–H groups in total. The topological polar surface area (TPSA) is 130 Å². The van der Waals surface area contributed by atoms with Crippen molar-refractivity contribution in [1.29, 1.82) is 0 Å². The molecule has 4 rings (SSSR count). The number of fused-ring (bicyclic) bond motifs is 1. The van der Waals surface area contributed by atoms with Crippen molar-refractivity contribution < 1.29 is 23.8 Å². The van der Waals surface area contributed by atoms with E-state index in [9.17, 15) is 23.9 Å². The van der Waals surface area contributed by atoms with E-state index in [1.807, 2.05) is 13.8 Å². The number of Topliss-reactive ketones (excluding diaryl/α,β-unsaturated/α-hetero) is 1. The molecule has 3 aromatic heterocycles. The average molecular weight is 602 g/mol. The van der Waals surface area contributed by atoms with Crippen LogP contribution in [0.4, 0.5) is 4.39 Å². The van der Waals surface area contributed by atoms with Crippen LogP contribution in [0.2, 0.25) is 0 Å². The minimum Gasteiger partial charge on any atom is -0.496 e. The molecule has 0 fully saturated rings. The first-order valence-electron chi connectivity index (χ1n) is 13.7. The van der Waals surface area contributed by atoms with Gasteiger partial charge in [-0.3, -0.25) is 14.2 Å². The van der Waals surface area contributed by atoms with Gasteiger partial charge in [-0.2, -0.15) is 10.2 Å². The third kappa shape index (κ3) is 5.94. The first-order chi connectivity index (χ1) is 19.9. The summed E-state index contributed by atoms with van der Waals surface area (Å²) in [6.07, 6.45) is 2.59. The zero-order valence-electron chi connectivity index (χ0n) is 24.6. The summed E-state index contributed by atoms with van der Waals surface area (Å²) < 4.78 is 28.4. The zero-order valence-corrected chi connectivity index (χ0v) is 25.4. The number of benzene rings is 1. The average Bonchev–Trinajstić information content (AvgIpc) is 3.58. The van der Waals surface area contributed by atoms with Crippen LogP contribution < -0.4 is 16.0 Å². The van der Waals surface area contributed by atoms with Crippen LogP contribution in [0.1, 0.15) is 57.8 Å². The second-order valence-corrected chi connectivity index (χ2v) is 11.9. The second kappa shape index (κ2) is 12.7. The Morgan fingerprint density at radius 1 is 1.19 bits per heavy atom. The van der Waals surface area contributed by atoms with Crippen LogP contribution in [-0.4, -0.2) is 55.3 Å². The Morgan fingerprint density at radius 2 is 1.88 bits per heavy atom. The first kappa shape index (κ1) is 31.3. The lowest BCUT2D eigenvalue weighted by Gasteiger charge is -2.28. The molecule has 0 aliphatic rings. The number of halogens is 1. The van der Waals surface area contributed by atoms with E-state index in [1.165, 1.54) is 47.1 Å². The Bertz CT molecular complexity index is 1690. The van der Waals surface area contributed by atoms with Gasteiger partial charge in [-0.05, 0) is 51.3 Å². The highest BCUT2D eigenvalue weighted by atomic mass is 32.1. The molecule has 1 atom stereocenters. The summed E-state index contributed by atoms with van der Waals surface area (Å²) in [4.78, 5) is 43.5. The number of hydrogen-bond donors (Lipinski definition) is 1. The number of aryl methyl sites for hydroxylation is 1. The van der Waals surface area contributed by atoms with E-state index in [2.05, 4.69) is 10.2 Å². The Labute approximate surface area is 246 Å². The van der Waals surface area contributed by atoms with Crippen LogP contribution in [0.3, 0.4) is 0 Å². The molecule has 0 radical (unpaired) electrons. The van der Waals surface area contributed by atoms with Crippen molar-refractivity contribution in [2.24, 2.45) is 5.92 Å². The fraction of sp³-hybridized carbons (Fsp3) is 0.483. The van der Waals surface area contributed by atoms with Crippen LogP contribution in [0.5, 0.6) is 5.75 Å². The molecule has 1 aromatic carbocycles. The SMILES string of the molecule is COc1ccc(F)cc1[C@H](Cn1c(=O)n(C(C)(C)C(=O)CC(C)C)c(=O)c2c(C)c(-n3nccn3)sc21)OCCCO. The molecule has 4 aromatic rings. The van der Waals surface area contributed by atoms with Crippen molar-refractivity contribution in [2.45, 2.75) is 65.6 Å². The summed E-state index contributed by atoms with van der Waals surface area (Å²) in [5.41, 5.74) is -1.86. The highest BCUT2D eigenvalue weighted by Gasteiger charge is 2.36. The third-order valence-electron chi connectivity index (χ3n) is 7.13. The number of thiophene rings is 1. The summed E-state index contributed by atoms with van der Waals surface area (Å²) in [7, 11) is 1.45. The number of hydrogen-bond acceptors (Lipinski definition) is 9. The number of rotatable bonds is 13. The molecule has 0 unspecified atom stereocenters. The van der Waals surface area contributed by atoms with Crippen LogP contribution >= 0.6 is 11.3 Å². The Hall–Kier alpha value is -3.68. The molecule has 3 heterocycles. The van der Waals surface area contributed by atoms with Crippen LogP contribution in [0, 0.1) is 18.7 Å². The van der Waals surface area contributed by atoms with E-state index in [1.54, 1.807) is 20.8 Å². The van der Waals surface area contributed by atoms with Crippen LogP contribution in [0.25, 0.3) is 15.2 Å². The van der Waals surface area contributed by atoms with Crippen molar-refractivity contribution in [2.75, 3.05) is 20.3 Å². The molecule has 0 spiro atoms. The molecule has 0 aliphatic carbocycles. The van der Waals surface area contributed by atoms with Crippen molar-refractivity contribution in [3.63, 3.8) is 0 Å². The third-order valence-corrected chi connectivity index (χ3v) is 8.41. The molecule has 42 heavy (non-hydrogen) atoms. The number of ether oxygens (including phenoxy) is 2. The largest absolute Gasteiger partial charge is 0.496 e. The van der Waals surface area contributed by atoms with Crippen molar-refractivity contribution >= 4 is 27.3 Å². The predicted molar refractivity (Wildman–Crippen MR) is 157 cm³/mol. The second-order valence-electron chi connectivity index (χ2n) is 11.0. The molecular weight excluding hydrogens is 565 g/mol. The number of aliphatic hydroxyl groups excluding tert-OH is 1. The van der Waals surface area contributed by atoms with Crippen molar-refractivity contribution in [3.05, 3.63) is 68.4 Å². The van der Waals surface area contributed by atoms with Gasteiger partial charge in [0.2, 0.25) is 0 Å². The van der Waals surface area contributed by atoms with E-state index in [4.69, 9.17) is 9.47 Å². The zero-order chi connectivity index (χ0) is 30.8. The lowest BCUT2D eigenvalue weighted by atomic mass is 9.91. The molecule has 226 valence electrons. The van der Waals surface area contributed by atoms with Gasteiger partial charge >= 0.3 is 5.69 Å². The van der Waals surface area contributed by atoms with Gasteiger partial charge in [0.15, 0.2) is 5.78 Å². The van der Waals surface area contributed by atoms with E-state index < -0.39 is 28.7 Å². The fourth-order valence-electron chi connectivity index (χ4n) is 4.90. The van der Waals surface area contributed by atoms with Crippen LogP contribution in [0.15, 0.2) is 40.2 Å². The van der Waals surface area contributed by atoms with Crippen LogP contribution in [-0.2, 0) is 21.6 Å². The first-order valence-corrected chi connectivity index (χ1v) is 14.5. The number of carbonyl (C=O) groups excluding carboxylic acids is 1. The molecular formula is C29H36FN5O6S. The van der Waals surface area contributed by atoms with E-state index in [0.717, 1.165) is 15.9 Å². The number of carbonyl (C=O) groups is 1. The van der Waals surface area contributed by atoms with E-state index in [0.29, 0.717) is 33.1 Å². The summed E-state index contributed by atoms with van der Waals surface area (Å²) in [6, 6.07) is 4.00. The minimum atomic E-state index is -1.46.